The number of hydrogen-bond acceptors (Lipinski definition) is 4. The Hall–Kier alpha value is -0.840. The number of rotatable bonds is 4. The summed E-state index contributed by atoms with van der Waals surface area (Å²) in [4.78, 5) is 7.85. The van der Waals surface area contributed by atoms with Crippen LogP contribution in [-0.4, -0.2) is 28.0 Å². The van der Waals surface area contributed by atoms with Crippen molar-refractivity contribution in [1.82, 2.24) is 9.97 Å². The maximum atomic E-state index is 13.8. The Bertz CT molecular complexity index is 353. The van der Waals surface area contributed by atoms with Gasteiger partial charge >= 0.3 is 0 Å². The number of anilines is 1. The summed E-state index contributed by atoms with van der Waals surface area (Å²) in [6.07, 6.45) is 3.24. The minimum atomic E-state index is -0.296. The summed E-state index contributed by atoms with van der Waals surface area (Å²) in [6.45, 7) is 2.70. The molecule has 0 amide bonds. The van der Waals surface area contributed by atoms with E-state index in [4.69, 9.17) is 0 Å². The van der Waals surface area contributed by atoms with Crippen LogP contribution in [-0.2, 0) is 6.42 Å². The number of nitrogens with one attached hydrogen (secondary N) is 1. The van der Waals surface area contributed by atoms with Crippen molar-refractivity contribution in [2.24, 2.45) is 5.92 Å². The zero-order valence-electron chi connectivity index (χ0n) is 9.37. The van der Waals surface area contributed by atoms with Crippen molar-refractivity contribution in [3.8, 4) is 0 Å². The summed E-state index contributed by atoms with van der Waals surface area (Å²) in [5, 5.41) is 3.09. The van der Waals surface area contributed by atoms with Crippen molar-refractivity contribution >= 4 is 17.6 Å². The molecule has 16 heavy (non-hydrogen) atoms. The number of nitrogens with zero attached hydrogens (tertiary/aromatic N) is 2. The van der Waals surface area contributed by atoms with Crippen LogP contribution in [0.25, 0.3) is 0 Å². The maximum absolute atomic E-state index is 13.8. The summed E-state index contributed by atoms with van der Waals surface area (Å²) >= 11 is 1.96. The van der Waals surface area contributed by atoms with Crippen LogP contribution in [0, 0.1) is 11.7 Å². The molecule has 1 fully saturated rings. The molecule has 0 bridgehead atoms. The normalized spacial score (nSPS) is 20.0. The summed E-state index contributed by atoms with van der Waals surface area (Å²) in [5.41, 5.74) is 0.485. The molecule has 88 valence electrons. The first kappa shape index (κ1) is 11.6. The quantitative estimate of drug-likeness (QED) is 0.878. The average molecular weight is 241 g/mol. The third kappa shape index (κ3) is 2.64. The van der Waals surface area contributed by atoms with E-state index in [1.807, 2.05) is 18.7 Å². The van der Waals surface area contributed by atoms with Gasteiger partial charge in [-0.05, 0) is 30.3 Å². The molecule has 0 radical (unpaired) electrons. The van der Waals surface area contributed by atoms with Crippen LogP contribution >= 0.6 is 11.8 Å². The first-order chi connectivity index (χ1) is 7.81. The van der Waals surface area contributed by atoms with Gasteiger partial charge in [-0.3, -0.25) is 0 Å². The van der Waals surface area contributed by atoms with E-state index in [1.54, 1.807) is 0 Å². The van der Waals surface area contributed by atoms with Gasteiger partial charge in [0.25, 0.3) is 0 Å². The molecule has 1 aliphatic rings. The summed E-state index contributed by atoms with van der Waals surface area (Å²) in [5.74, 6) is 3.09. The minimum Gasteiger partial charge on any atom is -0.367 e. The lowest BCUT2D eigenvalue weighted by Crippen LogP contribution is -2.16. The summed E-state index contributed by atoms with van der Waals surface area (Å²) in [6, 6.07) is 0. The van der Waals surface area contributed by atoms with Gasteiger partial charge in [0, 0.05) is 6.54 Å². The van der Waals surface area contributed by atoms with E-state index in [1.165, 1.54) is 24.3 Å². The van der Waals surface area contributed by atoms with Gasteiger partial charge in [0.05, 0.1) is 5.69 Å². The predicted octanol–water partition coefficient (Wildman–Crippen LogP) is 2.34. The Morgan fingerprint density at radius 1 is 1.56 bits per heavy atom. The molecule has 2 rings (SSSR count). The topological polar surface area (TPSA) is 37.8 Å². The van der Waals surface area contributed by atoms with Crippen LogP contribution in [0.2, 0.25) is 0 Å². The molecule has 0 aromatic carbocycles. The lowest BCUT2D eigenvalue weighted by molar-refractivity contribution is 0.586. The molecule has 1 aliphatic heterocycles. The first-order valence-electron chi connectivity index (χ1n) is 5.62. The lowest BCUT2D eigenvalue weighted by atomic mass is 10.1. The Morgan fingerprint density at radius 2 is 2.44 bits per heavy atom. The Morgan fingerprint density at radius 3 is 3.12 bits per heavy atom. The summed E-state index contributed by atoms with van der Waals surface area (Å²) < 4.78 is 13.8. The Labute approximate surface area is 99.3 Å². The zero-order valence-corrected chi connectivity index (χ0v) is 10.2. The van der Waals surface area contributed by atoms with Crippen LogP contribution in [0.15, 0.2) is 6.33 Å². The van der Waals surface area contributed by atoms with Gasteiger partial charge in [-0.25, -0.2) is 14.4 Å². The predicted molar refractivity (Wildman–Crippen MR) is 65.3 cm³/mol. The van der Waals surface area contributed by atoms with Crippen molar-refractivity contribution in [2.45, 2.75) is 19.8 Å². The van der Waals surface area contributed by atoms with Crippen LogP contribution in [0.3, 0.4) is 0 Å². The molecule has 0 saturated carbocycles. The number of hydrogen-bond donors (Lipinski definition) is 1. The van der Waals surface area contributed by atoms with Crippen LogP contribution in [0.1, 0.15) is 19.0 Å². The number of aryl methyl sites for hydroxylation is 1. The van der Waals surface area contributed by atoms with E-state index in [2.05, 4.69) is 15.3 Å². The molecule has 1 saturated heterocycles. The highest BCUT2D eigenvalue weighted by Gasteiger charge is 2.16. The van der Waals surface area contributed by atoms with Gasteiger partial charge in [-0.2, -0.15) is 11.8 Å². The molecule has 1 atom stereocenters. The second kappa shape index (κ2) is 5.48. The SMILES string of the molecule is CCc1ncnc(NCC2CCSC2)c1F. The van der Waals surface area contributed by atoms with Crippen LogP contribution in [0.4, 0.5) is 10.2 Å². The third-order valence-electron chi connectivity index (χ3n) is 2.78. The smallest absolute Gasteiger partial charge is 0.186 e. The van der Waals surface area contributed by atoms with E-state index < -0.39 is 0 Å². The van der Waals surface area contributed by atoms with E-state index >= 15 is 0 Å². The number of thioether (sulfide) groups is 1. The molecule has 2 heterocycles. The fraction of sp³-hybridized carbons (Fsp3) is 0.636. The highest BCUT2D eigenvalue weighted by Crippen LogP contribution is 2.24. The second-order valence-electron chi connectivity index (χ2n) is 3.95. The average Bonchev–Trinajstić information content (AvgIpc) is 2.81. The fourth-order valence-electron chi connectivity index (χ4n) is 1.76. The first-order valence-corrected chi connectivity index (χ1v) is 6.77. The van der Waals surface area contributed by atoms with E-state index in [0.717, 1.165) is 6.54 Å². The molecular weight excluding hydrogens is 225 g/mol. The number of halogens is 1. The van der Waals surface area contributed by atoms with Crippen molar-refractivity contribution < 1.29 is 4.39 Å². The van der Waals surface area contributed by atoms with Gasteiger partial charge in [0.15, 0.2) is 11.6 Å². The van der Waals surface area contributed by atoms with E-state index in [0.29, 0.717) is 23.9 Å². The Balaban J connectivity index is 1.97. The molecule has 3 nitrogen and oxygen atoms in total. The third-order valence-corrected chi connectivity index (χ3v) is 4.01. The molecular formula is C11H16FN3S. The van der Waals surface area contributed by atoms with Gasteiger partial charge in [0.2, 0.25) is 0 Å². The highest BCUT2D eigenvalue weighted by atomic mass is 32.2. The van der Waals surface area contributed by atoms with Gasteiger partial charge in [-0.1, -0.05) is 6.92 Å². The van der Waals surface area contributed by atoms with Crippen LogP contribution < -0.4 is 5.32 Å². The molecule has 1 aromatic heterocycles. The van der Waals surface area contributed by atoms with Crippen molar-refractivity contribution in [2.75, 3.05) is 23.4 Å². The summed E-state index contributed by atoms with van der Waals surface area (Å²) in [7, 11) is 0. The van der Waals surface area contributed by atoms with E-state index in [-0.39, 0.29) is 5.82 Å². The van der Waals surface area contributed by atoms with Crippen LogP contribution in [0.5, 0.6) is 0 Å². The van der Waals surface area contributed by atoms with Crippen molar-refractivity contribution in [3.63, 3.8) is 0 Å². The monoisotopic (exact) mass is 241 g/mol. The lowest BCUT2D eigenvalue weighted by Gasteiger charge is -2.11. The maximum Gasteiger partial charge on any atom is 0.186 e. The zero-order chi connectivity index (χ0) is 11.4. The standard InChI is InChI=1S/C11H16FN3S/c1-2-9-10(12)11(15-7-14-9)13-5-8-3-4-16-6-8/h7-8H,2-6H2,1H3,(H,13,14,15). The largest absolute Gasteiger partial charge is 0.367 e. The van der Waals surface area contributed by atoms with Gasteiger partial charge < -0.3 is 5.32 Å². The fourth-order valence-corrected chi connectivity index (χ4v) is 3.05. The number of aromatic nitrogens is 2. The molecule has 5 heteroatoms. The molecule has 1 aromatic rings. The molecule has 1 N–H and O–H groups in total. The van der Waals surface area contributed by atoms with Crippen molar-refractivity contribution in [1.29, 1.82) is 0 Å². The van der Waals surface area contributed by atoms with E-state index in [9.17, 15) is 4.39 Å². The Kier molecular flexibility index (Phi) is 3.98. The van der Waals surface area contributed by atoms with Gasteiger partial charge in [0.1, 0.15) is 6.33 Å². The van der Waals surface area contributed by atoms with Crippen molar-refractivity contribution in [3.05, 3.63) is 17.8 Å². The minimum absolute atomic E-state index is 0.296. The molecule has 1 unspecified atom stereocenters. The second-order valence-corrected chi connectivity index (χ2v) is 5.10. The molecule has 0 aliphatic carbocycles. The highest BCUT2D eigenvalue weighted by molar-refractivity contribution is 7.99. The molecule has 0 spiro atoms. The van der Waals surface area contributed by atoms with Gasteiger partial charge in [-0.15, -0.1) is 0 Å².